The van der Waals surface area contributed by atoms with Crippen molar-refractivity contribution >= 4 is 5.69 Å². The van der Waals surface area contributed by atoms with Crippen LogP contribution in [0, 0.1) is 12.7 Å². The molecular weight excluding hydrogens is 281 g/mol. The van der Waals surface area contributed by atoms with Gasteiger partial charge in [-0.15, -0.1) is 0 Å². The molecule has 2 aromatic rings. The smallest absolute Gasteiger partial charge is 0.219 e. The minimum atomic E-state index is -0.266. The van der Waals surface area contributed by atoms with E-state index in [1.54, 1.807) is 12.3 Å². The normalized spacial score (nSPS) is 16.8. The van der Waals surface area contributed by atoms with Crippen LogP contribution in [-0.2, 0) is 0 Å². The summed E-state index contributed by atoms with van der Waals surface area (Å²) in [6.07, 6.45) is 1.80. The van der Waals surface area contributed by atoms with Crippen molar-refractivity contribution in [2.45, 2.75) is 26.3 Å². The van der Waals surface area contributed by atoms with Crippen molar-refractivity contribution < 1.29 is 9.13 Å². The summed E-state index contributed by atoms with van der Waals surface area (Å²) < 4.78 is 18.8. The molecule has 1 aromatic carbocycles. The van der Waals surface area contributed by atoms with Crippen molar-refractivity contribution in [3.8, 4) is 11.6 Å². The molecule has 0 bridgehead atoms. The first-order valence-electron chi connectivity index (χ1n) is 7.33. The van der Waals surface area contributed by atoms with Gasteiger partial charge >= 0.3 is 0 Å². The molecule has 0 aliphatic carbocycles. The maximum Gasteiger partial charge on any atom is 0.219 e. The van der Waals surface area contributed by atoms with Crippen LogP contribution in [0.15, 0.2) is 36.5 Å². The standard InChI is InChI=1S/C17H20FN3O/c1-12-8-13(18)4-6-15(12)22-16-7-5-14(9-19-16)21-10-17(2,3)20-11-21/h4-9,20H,10-11H2,1-3H3. The summed E-state index contributed by atoms with van der Waals surface area (Å²) in [6.45, 7) is 7.91. The Morgan fingerprint density at radius 3 is 2.68 bits per heavy atom. The molecule has 0 atom stereocenters. The second-order valence-electron chi connectivity index (χ2n) is 6.28. The molecule has 1 aliphatic rings. The van der Waals surface area contributed by atoms with Gasteiger partial charge in [-0.2, -0.15) is 0 Å². The number of rotatable bonds is 3. The molecule has 0 amide bonds. The van der Waals surface area contributed by atoms with Gasteiger partial charge in [-0.25, -0.2) is 9.37 Å². The molecule has 116 valence electrons. The van der Waals surface area contributed by atoms with Crippen LogP contribution in [0.2, 0.25) is 0 Å². The Labute approximate surface area is 129 Å². The maximum atomic E-state index is 13.1. The fraction of sp³-hybridized carbons (Fsp3) is 0.353. The summed E-state index contributed by atoms with van der Waals surface area (Å²) >= 11 is 0. The zero-order chi connectivity index (χ0) is 15.7. The van der Waals surface area contributed by atoms with Gasteiger partial charge in [0, 0.05) is 18.2 Å². The Balaban J connectivity index is 1.72. The fourth-order valence-electron chi connectivity index (χ4n) is 2.54. The lowest BCUT2D eigenvalue weighted by Gasteiger charge is -2.20. The highest BCUT2D eigenvalue weighted by atomic mass is 19.1. The number of aryl methyl sites for hydroxylation is 1. The van der Waals surface area contributed by atoms with E-state index >= 15 is 0 Å². The molecule has 5 heteroatoms. The first-order valence-corrected chi connectivity index (χ1v) is 7.33. The van der Waals surface area contributed by atoms with E-state index in [1.165, 1.54) is 12.1 Å². The minimum absolute atomic E-state index is 0.112. The van der Waals surface area contributed by atoms with E-state index in [1.807, 2.05) is 19.1 Å². The number of pyridine rings is 1. The summed E-state index contributed by atoms with van der Waals surface area (Å²) in [5.41, 5.74) is 1.91. The van der Waals surface area contributed by atoms with Crippen LogP contribution in [-0.4, -0.2) is 23.7 Å². The number of anilines is 1. The molecule has 1 saturated heterocycles. The van der Waals surface area contributed by atoms with E-state index in [9.17, 15) is 4.39 Å². The number of ether oxygens (including phenoxy) is 1. The minimum Gasteiger partial charge on any atom is -0.439 e. The second kappa shape index (κ2) is 5.57. The van der Waals surface area contributed by atoms with Crippen molar-refractivity contribution in [3.63, 3.8) is 0 Å². The lowest BCUT2D eigenvalue weighted by Crippen LogP contribution is -2.34. The molecule has 1 aromatic heterocycles. The molecule has 4 nitrogen and oxygen atoms in total. The van der Waals surface area contributed by atoms with Gasteiger partial charge in [0.2, 0.25) is 5.88 Å². The monoisotopic (exact) mass is 301 g/mol. The molecule has 0 unspecified atom stereocenters. The second-order valence-corrected chi connectivity index (χ2v) is 6.28. The summed E-state index contributed by atoms with van der Waals surface area (Å²) in [6, 6.07) is 8.28. The zero-order valence-corrected chi connectivity index (χ0v) is 13.1. The van der Waals surface area contributed by atoms with E-state index in [0.717, 1.165) is 24.5 Å². The highest BCUT2D eigenvalue weighted by Crippen LogP contribution is 2.26. The predicted molar refractivity (Wildman–Crippen MR) is 84.9 cm³/mol. The van der Waals surface area contributed by atoms with Crippen LogP contribution < -0.4 is 15.0 Å². The Hall–Kier alpha value is -2.14. The van der Waals surface area contributed by atoms with Crippen LogP contribution in [0.4, 0.5) is 10.1 Å². The lowest BCUT2D eigenvalue weighted by molar-refractivity contribution is 0.457. The molecular formula is C17H20FN3O. The number of aromatic nitrogens is 1. The van der Waals surface area contributed by atoms with Gasteiger partial charge in [0.25, 0.3) is 0 Å². The topological polar surface area (TPSA) is 37.4 Å². The SMILES string of the molecule is Cc1cc(F)ccc1Oc1ccc(N2CNC(C)(C)C2)cn1. The lowest BCUT2D eigenvalue weighted by atomic mass is 10.1. The Morgan fingerprint density at radius 1 is 1.27 bits per heavy atom. The van der Waals surface area contributed by atoms with Gasteiger partial charge in [0.1, 0.15) is 11.6 Å². The van der Waals surface area contributed by atoms with E-state index in [4.69, 9.17) is 4.74 Å². The van der Waals surface area contributed by atoms with Crippen LogP contribution in [0.5, 0.6) is 11.6 Å². The van der Waals surface area contributed by atoms with Crippen LogP contribution in [0.3, 0.4) is 0 Å². The molecule has 3 rings (SSSR count). The van der Waals surface area contributed by atoms with E-state index in [2.05, 4.69) is 29.0 Å². The highest BCUT2D eigenvalue weighted by molar-refractivity contribution is 5.47. The van der Waals surface area contributed by atoms with Gasteiger partial charge in [-0.05, 0) is 50.6 Å². The summed E-state index contributed by atoms with van der Waals surface area (Å²) in [5.74, 6) is 0.854. The first-order chi connectivity index (χ1) is 10.4. The van der Waals surface area contributed by atoms with Gasteiger partial charge in [-0.1, -0.05) is 0 Å². The predicted octanol–water partition coefficient (Wildman–Crippen LogP) is 3.47. The number of halogens is 1. The average Bonchev–Trinajstić information content (AvgIpc) is 2.83. The van der Waals surface area contributed by atoms with Gasteiger partial charge in [0.15, 0.2) is 0 Å². The van der Waals surface area contributed by atoms with E-state index in [-0.39, 0.29) is 11.4 Å². The summed E-state index contributed by atoms with van der Waals surface area (Å²) in [5, 5.41) is 3.44. The Morgan fingerprint density at radius 2 is 2.09 bits per heavy atom. The van der Waals surface area contributed by atoms with Crippen molar-refractivity contribution in [2.24, 2.45) is 0 Å². The van der Waals surface area contributed by atoms with Crippen LogP contribution in [0.1, 0.15) is 19.4 Å². The number of hydrogen-bond donors (Lipinski definition) is 1. The number of hydrogen-bond acceptors (Lipinski definition) is 4. The Kier molecular flexibility index (Phi) is 3.74. The molecule has 22 heavy (non-hydrogen) atoms. The first kappa shape index (κ1) is 14.8. The highest BCUT2D eigenvalue weighted by Gasteiger charge is 2.28. The zero-order valence-electron chi connectivity index (χ0n) is 13.1. The Bertz CT molecular complexity index is 670. The summed E-state index contributed by atoms with van der Waals surface area (Å²) in [7, 11) is 0. The van der Waals surface area contributed by atoms with Gasteiger partial charge in [0.05, 0.1) is 18.6 Å². The van der Waals surface area contributed by atoms with Crippen molar-refractivity contribution in [1.82, 2.24) is 10.3 Å². The van der Waals surface area contributed by atoms with Crippen molar-refractivity contribution in [3.05, 3.63) is 47.9 Å². The van der Waals surface area contributed by atoms with Crippen LogP contribution >= 0.6 is 0 Å². The maximum absolute atomic E-state index is 13.1. The molecule has 0 spiro atoms. The largest absolute Gasteiger partial charge is 0.439 e. The van der Waals surface area contributed by atoms with Crippen molar-refractivity contribution in [2.75, 3.05) is 18.1 Å². The molecule has 2 heterocycles. The molecule has 1 fully saturated rings. The van der Waals surface area contributed by atoms with E-state index < -0.39 is 0 Å². The molecule has 0 radical (unpaired) electrons. The van der Waals surface area contributed by atoms with Gasteiger partial charge in [-0.3, -0.25) is 5.32 Å². The average molecular weight is 301 g/mol. The third-order valence-electron chi connectivity index (χ3n) is 3.77. The quantitative estimate of drug-likeness (QED) is 0.942. The van der Waals surface area contributed by atoms with Crippen molar-refractivity contribution in [1.29, 1.82) is 0 Å². The van der Waals surface area contributed by atoms with E-state index in [0.29, 0.717) is 11.6 Å². The fourth-order valence-corrected chi connectivity index (χ4v) is 2.54. The molecule has 1 aliphatic heterocycles. The van der Waals surface area contributed by atoms with Crippen LogP contribution in [0.25, 0.3) is 0 Å². The third kappa shape index (κ3) is 3.20. The number of benzene rings is 1. The van der Waals surface area contributed by atoms with Gasteiger partial charge < -0.3 is 9.64 Å². The summed E-state index contributed by atoms with van der Waals surface area (Å²) in [4.78, 5) is 6.58. The number of nitrogens with one attached hydrogen (secondary N) is 1. The third-order valence-corrected chi connectivity index (χ3v) is 3.77. The number of nitrogens with zero attached hydrogens (tertiary/aromatic N) is 2. The molecule has 0 saturated carbocycles. The molecule has 1 N–H and O–H groups in total.